The van der Waals surface area contributed by atoms with Crippen LogP contribution < -0.4 is 0 Å². The lowest BCUT2D eigenvalue weighted by molar-refractivity contribution is 1.04. The number of rotatable bonds is 2. The fourth-order valence-corrected chi connectivity index (χ4v) is 3.10. The smallest absolute Gasteiger partial charge is 0.101 e. The SMILES string of the molecule is [c]1ccnnc1-c1ccc2ccn(-c3ccc4[nH]ccc4c3)c2c1. The van der Waals surface area contributed by atoms with E-state index in [1.807, 2.05) is 6.20 Å². The normalized spacial score (nSPS) is 11.3. The van der Waals surface area contributed by atoms with Crippen molar-refractivity contribution < 1.29 is 0 Å². The Morgan fingerprint density at radius 2 is 1.96 bits per heavy atom. The van der Waals surface area contributed by atoms with Gasteiger partial charge in [-0.25, -0.2) is 0 Å². The Morgan fingerprint density at radius 3 is 2.88 bits per heavy atom. The number of benzene rings is 2. The summed E-state index contributed by atoms with van der Waals surface area (Å²) in [6, 6.07) is 21.9. The van der Waals surface area contributed by atoms with Gasteiger partial charge in [-0.15, -0.1) is 5.10 Å². The van der Waals surface area contributed by atoms with Crippen molar-refractivity contribution in [1.82, 2.24) is 19.7 Å². The first-order valence-electron chi connectivity index (χ1n) is 7.77. The summed E-state index contributed by atoms with van der Waals surface area (Å²) in [4.78, 5) is 3.23. The molecule has 5 aromatic rings. The molecule has 3 aromatic heterocycles. The van der Waals surface area contributed by atoms with Crippen LogP contribution in [0.25, 0.3) is 38.8 Å². The van der Waals surface area contributed by atoms with E-state index in [1.165, 1.54) is 10.8 Å². The van der Waals surface area contributed by atoms with Gasteiger partial charge in [0.15, 0.2) is 0 Å². The number of hydrogen-bond acceptors (Lipinski definition) is 2. The zero-order chi connectivity index (χ0) is 15.9. The molecule has 4 nitrogen and oxygen atoms in total. The van der Waals surface area contributed by atoms with Gasteiger partial charge in [0, 0.05) is 40.6 Å². The molecule has 2 aromatic carbocycles. The van der Waals surface area contributed by atoms with Gasteiger partial charge in [-0.05, 0) is 47.9 Å². The minimum absolute atomic E-state index is 0.758. The van der Waals surface area contributed by atoms with Crippen LogP contribution in [0.5, 0.6) is 0 Å². The van der Waals surface area contributed by atoms with Gasteiger partial charge in [0.2, 0.25) is 0 Å². The van der Waals surface area contributed by atoms with Crippen LogP contribution in [0.1, 0.15) is 0 Å². The average molecular weight is 309 g/mol. The predicted molar refractivity (Wildman–Crippen MR) is 95.0 cm³/mol. The van der Waals surface area contributed by atoms with Crippen LogP contribution in [-0.2, 0) is 0 Å². The summed E-state index contributed by atoms with van der Waals surface area (Å²) < 4.78 is 2.20. The Balaban J connectivity index is 1.71. The highest BCUT2D eigenvalue weighted by Crippen LogP contribution is 2.27. The maximum absolute atomic E-state index is 4.16. The molecular weight excluding hydrogens is 296 g/mol. The molecule has 0 spiro atoms. The number of aromatic amines is 1. The largest absolute Gasteiger partial charge is 0.361 e. The summed E-state index contributed by atoms with van der Waals surface area (Å²) in [6.45, 7) is 0. The molecule has 0 unspecified atom stereocenters. The van der Waals surface area contributed by atoms with E-state index in [0.717, 1.165) is 28.0 Å². The van der Waals surface area contributed by atoms with Gasteiger partial charge in [0.1, 0.15) is 5.69 Å². The van der Waals surface area contributed by atoms with Gasteiger partial charge in [0.25, 0.3) is 0 Å². The molecule has 0 fully saturated rings. The Bertz CT molecular complexity index is 1150. The zero-order valence-corrected chi connectivity index (χ0v) is 12.8. The minimum atomic E-state index is 0.758. The van der Waals surface area contributed by atoms with Crippen LogP contribution in [0, 0.1) is 6.07 Å². The molecule has 1 N–H and O–H groups in total. The van der Waals surface area contributed by atoms with Gasteiger partial charge < -0.3 is 9.55 Å². The number of H-pyrrole nitrogens is 1. The summed E-state index contributed by atoms with van der Waals surface area (Å²) in [5.74, 6) is 0. The predicted octanol–water partition coefficient (Wildman–Crippen LogP) is 4.37. The maximum atomic E-state index is 4.16. The molecule has 0 saturated heterocycles. The molecular formula is C20H13N4. The third kappa shape index (κ3) is 2.01. The molecule has 0 atom stereocenters. The third-order valence-corrected chi connectivity index (χ3v) is 4.30. The number of nitrogens with one attached hydrogen (secondary N) is 1. The minimum Gasteiger partial charge on any atom is -0.361 e. The van der Waals surface area contributed by atoms with Gasteiger partial charge in [0.05, 0.1) is 11.7 Å². The van der Waals surface area contributed by atoms with Crippen molar-refractivity contribution in [2.45, 2.75) is 0 Å². The van der Waals surface area contributed by atoms with Crippen molar-refractivity contribution in [2.75, 3.05) is 0 Å². The molecule has 4 heteroatoms. The van der Waals surface area contributed by atoms with Crippen molar-refractivity contribution in [3.05, 3.63) is 79.3 Å². The Labute approximate surface area is 138 Å². The first kappa shape index (κ1) is 13.1. The highest BCUT2D eigenvalue weighted by Gasteiger charge is 2.07. The number of fused-ring (bicyclic) bond motifs is 2. The lowest BCUT2D eigenvalue weighted by atomic mass is 10.1. The summed E-state index contributed by atoms with van der Waals surface area (Å²) in [5, 5.41) is 10.5. The average Bonchev–Trinajstić information content (AvgIpc) is 3.27. The zero-order valence-electron chi connectivity index (χ0n) is 12.8. The van der Waals surface area contributed by atoms with E-state index in [9.17, 15) is 0 Å². The van der Waals surface area contributed by atoms with E-state index in [2.05, 4.69) is 80.5 Å². The van der Waals surface area contributed by atoms with E-state index in [1.54, 1.807) is 12.3 Å². The molecule has 1 radical (unpaired) electrons. The highest BCUT2D eigenvalue weighted by atomic mass is 15.1. The van der Waals surface area contributed by atoms with Gasteiger partial charge in [-0.1, -0.05) is 12.1 Å². The van der Waals surface area contributed by atoms with Gasteiger partial charge in [-0.2, -0.15) is 5.10 Å². The standard InChI is InChI=1S/C20H13N4/c1-2-19(23-22-9-1)15-4-3-14-8-11-24(20(14)13-15)17-5-6-18-16(12-17)7-10-21-18/h1,3-13,21H. The highest BCUT2D eigenvalue weighted by molar-refractivity contribution is 5.88. The van der Waals surface area contributed by atoms with Crippen LogP contribution in [0.3, 0.4) is 0 Å². The van der Waals surface area contributed by atoms with E-state index >= 15 is 0 Å². The molecule has 24 heavy (non-hydrogen) atoms. The van der Waals surface area contributed by atoms with Gasteiger partial charge >= 0.3 is 0 Å². The molecule has 0 aliphatic rings. The van der Waals surface area contributed by atoms with Crippen molar-refractivity contribution in [2.24, 2.45) is 0 Å². The summed E-state index contributed by atoms with van der Waals surface area (Å²) in [5.41, 5.74) is 5.19. The Kier molecular flexibility index (Phi) is 2.76. The van der Waals surface area contributed by atoms with Crippen LogP contribution in [-0.4, -0.2) is 19.7 Å². The first-order valence-corrected chi connectivity index (χ1v) is 7.77. The molecule has 0 bridgehead atoms. The maximum Gasteiger partial charge on any atom is 0.101 e. The fourth-order valence-electron chi connectivity index (χ4n) is 3.10. The fraction of sp³-hybridized carbons (Fsp3) is 0. The Hall–Kier alpha value is -3.40. The second-order valence-corrected chi connectivity index (χ2v) is 5.73. The topological polar surface area (TPSA) is 46.5 Å². The van der Waals surface area contributed by atoms with Crippen molar-refractivity contribution in [1.29, 1.82) is 0 Å². The van der Waals surface area contributed by atoms with E-state index in [4.69, 9.17) is 0 Å². The molecule has 113 valence electrons. The van der Waals surface area contributed by atoms with Gasteiger partial charge in [-0.3, -0.25) is 0 Å². The van der Waals surface area contributed by atoms with Crippen LogP contribution >= 0.6 is 0 Å². The quantitative estimate of drug-likeness (QED) is 0.526. The van der Waals surface area contributed by atoms with E-state index in [0.29, 0.717) is 0 Å². The molecule has 3 heterocycles. The summed E-state index contributed by atoms with van der Waals surface area (Å²) >= 11 is 0. The van der Waals surface area contributed by atoms with Crippen molar-refractivity contribution in [3.8, 4) is 16.9 Å². The van der Waals surface area contributed by atoms with Crippen molar-refractivity contribution in [3.63, 3.8) is 0 Å². The van der Waals surface area contributed by atoms with E-state index < -0.39 is 0 Å². The monoisotopic (exact) mass is 309 g/mol. The lowest BCUT2D eigenvalue weighted by Crippen LogP contribution is -1.92. The number of hydrogen-bond donors (Lipinski definition) is 1. The van der Waals surface area contributed by atoms with Crippen LogP contribution in [0.2, 0.25) is 0 Å². The number of aromatic nitrogens is 4. The number of nitrogens with zero attached hydrogens (tertiary/aromatic N) is 3. The molecule has 0 amide bonds. The first-order chi connectivity index (χ1) is 11.9. The second kappa shape index (κ2) is 5.06. The molecule has 0 aliphatic carbocycles. The Morgan fingerprint density at radius 1 is 0.958 bits per heavy atom. The second-order valence-electron chi connectivity index (χ2n) is 5.73. The molecule has 0 saturated carbocycles. The van der Waals surface area contributed by atoms with E-state index in [-0.39, 0.29) is 0 Å². The lowest BCUT2D eigenvalue weighted by Gasteiger charge is -2.07. The third-order valence-electron chi connectivity index (χ3n) is 4.30. The van der Waals surface area contributed by atoms with Crippen LogP contribution in [0.15, 0.2) is 73.2 Å². The summed E-state index contributed by atoms with van der Waals surface area (Å²) in [7, 11) is 0. The molecule has 5 rings (SSSR count). The van der Waals surface area contributed by atoms with Crippen molar-refractivity contribution >= 4 is 21.8 Å². The van der Waals surface area contributed by atoms with Crippen LogP contribution in [0.4, 0.5) is 0 Å². The summed E-state index contributed by atoms with van der Waals surface area (Å²) in [6.07, 6.45) is 5.70. The molecule has 0 aliphatic heterocycles.